The minimum Gasteiger partial charge on any atom is -0.465 e. The summed E-state index contributed by atoms with van der Waals surface area (Å²) in [4.78, 5) is 13.4. The van der Waals surface area contributed by atoms with Crippen molar-refractivity contribution in [2.24, 2.45) is 10.8 Å². The molecule has 0 aromatic heterocycles. The fourth-order valence-corrected chi connectivity index (χ4v) is 5.85. The van der Waals surface area contributed by atoms with E-state index in [-0.39, 0.29) is 54.3 Å². The molecule has 0 N–H and O–H groups in total. The Morgan fingerprint density at radius 1 is 0.391 bits per heavy atom. The Morgan fingerprint density at radius 2 is 0.688 bits per heavy atom. The van der Waals surface area contributed by atoms with Crippen molar-refractivity contribution in [3.63, 3.8) is 0 Å². The standard InChI is InChI=1S/C52H64O12/c1-49(2,3)28-30-55-32-34-57-39-51(59-42-20-12-8-13-21-42,60-43-22-14-9-15-23-43)63-46-36-41(48(53)54-7)37-47(38-46)64-52(61-44-24-16-10-17-25-44,62-45-26-18-11-19-27-45)40-58-35-33-56-31-29-50(4,5)6/h8-27,36-38H,28-35,39-40H2,1-7H3. The zero-order valence-electron chi connectivity index (χ0n) is 38.2. The van der Waals surface area contributed by atoms with Gasteiger partial charge in [-0.25, -0.2) is 4.79 Å². The van der Waals surface area contributed by atoms with Crippen molar-refractivity contribution in [3.05, 3.63) is 145 Å². The van der Waals surface area contributed by atoms with E-state index in [0.29, 0.717) is 49.4 Å². The number of hydrogen-bond acceptors (Lipinski definition) is 12. The second kappa shape index (κ2) is 24.3. The first-order valence-corrected chi connectivity index (χ1v) is 21.6. The van der Waals surface area contributed by atoms with E-state index in [1.54, 1.807) is 54.6 Å². The fourth-order valence-electron chi connectivity index (χ4n) is 5.85. The fraction of sp³-hybridized carbons (Fsp3) is 0.404. The van der Waals surface area contributed by atoms with Crippen LogP contribution in [-0.4, -0.2) is 77.9 Å². The molecular formula is C52H64O12. The first kappa shape index (κ1) is 49.2. The Bertz CT molecular complexity index is 1840. The molecule has 0 radical (unpaired) electrons. The molecule has 0 saturated heterocycles. The van der Waals surface area contributed by atoms with Gasteiger partial charge >= 0.3 is 17.9 Å². The normalized spacial score (nSPS) is 12.0. The van der Waals surface area contributed by atoms with Crippen LogP contribution in [0.15, 0.2) is 140 Å². The predicted molar refractivity (Wildman–Crippen MR) is 244 cm³/mol. The lowest BCUT2D eigenvalue weighted by Gasteiger charge is -2.35. The zero-order chi connectivity index (χ0) is 45.7. The summed E-state index contributed by atoms with van der Waals surface area (Å²) in [6.07, 6.45) is 1.78. The lowest BCUT2D eigenvalue weighted by molar-refractivity contribution is -0.280. The summed E-state index contributed by atoms with van der Waals surface area (Å²) in [6, 6.07) is 40.8. The molecule has 64 heavy (non-hydrogen) atoms. The van der Waals surface area contributed by atoms with E-state index < -0.39 is 17.9 Å². The molecule has 0 saturated carbocycles. The van der Waals surface area contributed by atoms with Crippen LogP contribution in [0.4, 0.5) is 0 Å². The van der Waals surface area contributed by atoms with Gasteiger partial charge in [0.05, 0.1) is 39.1 Å². The average Bonchev–Trinajstić information content (AvgIpc) is 3.26. The monoisotopic (exact) mass is 880 g/mol. The number of carbonyl (C=O) groups excluding carboxylic acids is 1. The van der Waals surface area contributed by atoms with E-state index in [2.05, 4.69) is 41.5 Å². The average molecular weight is 881 g/mol. The number of hydrogen-bond donors (Lipinski definition) is 0. The van der Waals surface area contributed by atoms with Crippen LogP contribution in [0.5, 0.6) is 34.5 Å². The van der Waals surface area contributed by atoms with Crippen molar-refractivity contribution in [1.82, 2.24) is 0 Å². The molecule has 0 spiro atoms. The molecule has 0 aliphatic carbocycles. The van der Waals surface area contributed by atoms with E-state index in [1.165, 1.54) is 19.2 Å². The molecule has 12 heteroatoms. The van der Waals surface area contributed by atoms with E-state index in [1.807, 2.05) is 72.8 Å². The molecule has 5 aromatic rings. The molecule has 0 amide bonds. The molecule has 0 aliphatic heterocycles. The Labute approximate surface area is 378 Å². The molecule has 344 valence electrons. The number of carbonyl (C=O) groups is 1. The third kappa shape index (κ3) is 17.8. The van der Waals surface area contributed by atoms with Gasteiger partial charge in [-0.3, -0.25) is 0 Å². The van der Waals surface area contributed by atoms with Gasteiger partial charge in [-0.1, -0.05) is 114 Å². The van der Waals surface area contributed by atoms with Crippen molar-refractivity contribution in [1.29, 1.82) is 0 Å². The molecule has 0 unspecified atom stereocenters. The van der Waals surface area contributed by atoms with Gasteiger partial charge in [0.15, 0.2) is 13.2 Å². The van der Waals surface area contributed by atoms with Gasteiger partial charge in [0.25, 0.3) is 0 Å². The number of methoxy groups -OCH3 is 1. The number of rotatable bonds is 27. The van der Waals surface area contributed by atoms with E-state index in [9.17, 15) is 4.79 Å². The maximum atomic E-state index is 13.4. The Morgan fingerprint density at radius 3 is 0.984 bits per heavy atom. The largest absolute Gasteiger partial charge is 0.465 e. The molecule has 12 nitrogen and oxygen atoms in total. The summed E-state index contributed by atoms with van der Waals surface area (Å²) < 4.78 is 69.1. The molecule has 0 atom stereocenters. The summed E-state index contributed by atoms with van der Waals surface area (Å²) in [5.41, 5.74) is 0.345. The second-order valence-corrected chi connectivity index (χ2v) is 17.4. The van der Waals surface area contributed by atoms with Crippen LogP contribution in [0, 0.1) is 10.8 Å². The third-order valence-electron chi connectivity index (χ3n) is 9.21. The lowest BCUT2D eigenvalue weighted by atomic mass is 9.93. The van der Waals surface area contributed by atoms with Crippen molar-refractivity contribution < 1.29 is 56.9 Å². The summed E-state index contributed by atoms with van der Waals surface area (Å²) in [7, 11) is 1.29. The summed E-state index contributed by atoms with van der Waals surface area (Å²) in [6.45, 7) is 14.8. The maximum Gasteiger partial charge on any atom is 0.442 e. The molecule has 0 bridgehead atoms. The Kier molecular flexibility index (Phi) is 18.7. The summed E-state index contributed by atoms with van der Waals surface area (Å²) in [5, 5.41) is 0. The van der Waals surface area contributed by atoms with Crippen molar-refractivity contribution in [2.45, 2.75) is 66.3 Å². The van der Waals surface area contributed by atoms with E-state index in [4.69, 9.17) is 52.1 Å². The molecular weight excluding hydrogens is 817 g/mol. The van der Waals surface area contributed by atoms with Crippen LogP contribution in [0.25, 0.3) is 0 Å². The molecule has 0 aliphatic rings. The number of esters is 1. The minimum atomic E-state index is -1.96. The van der Waals surface area contributed by atoms with Crippen LogP contribution in [0.3, 0.4) is 0 Å². The highest BCUT2D eigenvalue weighted by Crippen LogP contribution is 2.34. The van der Waals surface area contributed by atoms with Crippen LogP contribution in [0.1, 0.15) is 64.7 Å². The topological polar surface area (TPSA) is 119 Å². The van der Waals surface area contributed by atoms with Crippen molar-refractivity contribution in [2.75, 3.05) is 60.0 Å². The number of ether oxygens (including phenoxy) is 11. The van der Waals surface area contributed by atoms with Crippen LogP contribution < -0.4 is 28.4 Å². The Balaban J connectivity index is 1.52. The van der Waals surface area contributed by atoms with Crippen LogP contribution >= 0.6 is 0 Å². The zero-order valence-corrected chi connectivity index (χ0v) is 38.2. The van der Waals surface area contributed by atoms with Crippen molar-refractivity contribution >= 4 is 5.97 Å². The first-order chi connectivity index (χ1) is 30.7. The number of para-hydroxylation sites is 4. The van der Waals surface area contributed by atoms with Gasteiger partial charge in [-0.15, -0.1) is 0 Å². The molecule has 5 aromatic carbocycles. The van der Waals surface area contributed by atoms with Gasteiger partial charge in [0, 0.05) is 19.3 Å². The molecule has 0 heterocycles. The maximum absolute atomic E-state index is 13.4. The minimum absolute atomic E-state index is 0.0815. The van der Waals surface area contributed by atoms with Crippen molar-refractivity contribution in [3.8, 4) is 34.5 Å². The lowest BCUT2D eigenvalue weighted by Crippen LogP contribution is -2.53. The van der Waals surface area contributed by atoms with Gasteiger partial charge in [0.1, 0.15) is 34.5 Å². The molecule has 5 rings (SSSR count). The van der Waals surface area contributed by atoms with Gasteiger partial charge in [0.2, 0.25) is 0 Å². The van der Waals surface area contributed by atoms with E-state index >= 15 is 0 Å². The van der Waals surface area contributed by atoms with Crippen LogP contribution in [0.2, 0.25) is 0 Å². The second-order valence-electron chi connectivity index (χ2n) is 17.4. The van der Waals surface area contributed by atoms with E-state index in [0.717, 1.165) is 12.8 Å². The van der Waals surface area contributed by atoms with Gasteiger partial charge in [-0.2, -0.15) is 0 Å². The third-order valence-corrected chi connectivity index (χ3v) is 9.21. The quantitative estimate of drug-likeness (QED) is 0.0284. The highest BCUT2D eigenvalue weighted by Gasteiger charge is 2.42. The molecule has 0 fully saturated rings. The van der Waals surface area contributed by atoms with Crippen LogP contribution in [-0.2, 0) is 23.7 Å². The summed E-state index contributed by atoms with van der Waals surface area (Å²) >= 11 is 0. The SMILES string of the molecule is COC(=O)c1cc(OC(COCCOCCC(C)(C)C)(Oc2ccccc2)Oc2ccccc2)cc(OC(COCCOCCC(C)(C)C)(Oc2ccccc2)Oc2ccccc2)c1. The highest BCUT2D eigenvalue weighted by molar-refractivity contribution is 5.90. The first-order valence-electron chi connectivity index (χ1n) is 21.6. The Hall–Kier alpha value is -5.79. The number of benzene rings is 5. The smallest absolute Gasteiger partial charge is 0.442 e. The highest BCUT2D eigenvalue weighted by atomic mass is 16.9. The van der Waals surface area contributed by atoms with Gasteiger partial charge < -0.3 is 52.1 Å². The predicted octanol–water partition coefficient (Wildman–Crippen LogP) is 10.8. The summed E-state index contributed by atoms with van der Waals surface area (Å²) in [5.74, 6) is -2.70. The van der Waals surface area contributed by atoms with Gasteiger partial charge in [-0.05, 0) is 84.3 Å².